The number of aromatic hydroxyl groups is 1. The molecule has 7 heteroatoms. The molecule has 2 rings (SSSR count). The molecule has 0 spiro atoms. The maximum atomic E-state index is 12.6. The molecule has 5 N–H and O–H groups in total. The van der Waals surface area contributed by atoms with Gasteiger partial charge in [0.15, 0.2) is 5.60 Å². The molecule has 7 nitrogen and oxygen atoms in total. The van der Waals surface area contributed by atoms with Crippen molar-refractivity contribution in [1.82, 2.24) is 10.6 Å². The minimum atomic E-state index is -0.981. The molecule has 0 radical (unpaired) electrons. The fourth-order valence-electron chi connectivity index (χ4n) is 3.04. The van der Waals surface area contributed by atoms with Gasteiger partial charge in [-0.15, -0.1) is 0 Å². The van der Waals surface area contributed by atoms with E-state index in [0.29, 0.717) is 37.4 Å². The van der Waals surface area contributed by atoms with Gasteiger partial charge in [0, 0.05) is 25.1 Å². The molecule has 1 aliphatic heterocycles. The Morgan fingerprint density at radius 2 is 1.80 bits per heavy atom. The van der Waals surface area contributed by atoms with E-state index in [1.165, 1.54) is 0 Å². The lowest BCUT2D eigenvalue weighted by molar-refractivity contribution is -0.137. The fraction of sp³-hybridized carbons (Fsp3) is 0.556. The van der Waals surface area contributed by atoms with E-state index in [4.69, 9.17) is 10.5 Å². The van der Waals surface area contributed by atoms with Crippen molar-refractivity contribution < 1.29 is 19.4 Å². The van der Waals surface area contributed by atoms with Gasteiger partial charge in [-0.1, -0.05) is 0 Å². The summed E-state index contributed by atoms with van der Waals surface area (Å²) < 4.78 is 6.10. The quantitative estimate of drug-likeness (QED) is 0.581. The molecule has 0 saturated heterocycles. The summed E-state index contributed by atoms with van der Waals surface area (Å²) in [4.78, 5) is 23.7. The van der Waals surface area contributed by atoms with Crippen molar-refractivity contribution in [1.29, 1.82) is 0 Å². The van der Waals surface area contributed by atoms with Crippen molar-refractivity contribution in [2.24, 2.45) is 5.73 Å². The van der Waals surface area contributed by atoms with Crippen LogP contribution in [-0.4, -0.2) is 42.2 Å². The predicted octanol–water partition coefficient (Wildman–Crippen LogP) is 0.592. The molecule has 0 fully saturated rings. The first-order valence-corrected chi connectivity index (χ1v) is 8.47. The number of ether oxygens (including phenoxy) is 1. The Hall–Kier alpha value is -2.28. The average Bonchev–Trinajstić information content (AvgIpc) is 2.61. The Kier molecular flexibility index (Phi) is 5.57. The van der Waals surface area contributed by atoms with Crippen LogP contribution in [0, 0.1) is 20.8 Å². The van der Waals surface area contributed by atoms with Crippen molar-refractivity contribution in [3.05, 3.63) is 22.3 Å². The zero-order chi connectivity index (χ0) is 18.8. The molecule has 138 valence electrons. The van der Waals surface area contributed by atoms with Gasteiger partial charge in [-0.05, 0) is 50.8 Å². The summed E-state index contributed by atoms with van der Waals surface area (Å²) in [6.07, 6.45) is 1.17. The summed E-state index contributed by atoms with van der Waals surface area (Å²) in [5, 5.41) is 15.6. The summed E-state index contributed by atoms with van der Waals surface area (Å²) in [6, 6.07) is 0. The van der Waals surface area contributed by atoms with Gasteiger partial charge in [-0.2, -0.15) is 0 Å². The van der Waals surface area contributed by atoms with Gasteiger partial charge >= 0.3 is 0 Å². The second-order valence-corrected chi connectivity index (χ2v) is 6.67. The molecule has 25 heavy (non-hydrogen) atoms. The van der Waals surface area contributed by atoms with Crippen LogP contribution >= 0.6 is 0 Å². The highest BCUT2D eigenvalue weighted by Crippen LogP contribution is 2.43. The molecule has 1 aliphatic rings. The van der Waals surface area contributed by atoms with Crippen LogP contribution in [0.5, 0.6) is 11.5 Å². The maximum absolute atomic E-state index is 12.6. The molecular weight excluding hydrogens is 322 g/mol. The predicted molar refractivity (Wildman–Crippen MR) is 94.7 cm³/mol. The summed E-state index contributed by atoms with van der Waals surface area (Å²) in [7, 11) is 0. The molecule has 0 aliphatic carbocycles. The average molecular weight is 349 g/mol. The standard InChI is InChI=1S/C18H27N3O4/c1-10-11(2)16-13(12(3)15(10)23)5-6-18(4,25-16)17(24)21-8-7-20-14(22)9-19/h23H,5-9,19H2,1-4H3,(H,20,22)(H,21,24). The summed E-state index contributed by atoms with van der Waals surface area (Å²) in [5.41, 5.74) is 7.62. The highest BCUT2D eigenvalue weighted by atomic mass is 16.5. The van der Waals surface area contributed by atoms with Crippen LogP contribution in [-0.2, 0) is 16.0 Å². The van der Waals surface area contributed by atoms with Crippen LogP contribution < -0.4 is 21.1 Å². The molecule has 2 amide bonds. The molecule has 0 bridgehead atoms. The first-order chi connectivity index (χ1) is 11.7. The van der Waals surface area contributed by atoms with E-state index in [-0.39, 0.29) is 18.4 Å². The Balaban J connectivity index is 2.10. The molecule has 0 aromatic heterocycles. The van der Waals surface area contributed by atoms with Gasteiger partial charge in [0.25, 0.3) is 5.91 Å². The number of carbonyl (C=O) groups is 2. The zero-order valence-electron chi connectivity index (χ0n) is 15.3. The number of benzene rings is 1. The second kappa shape index (κ2) is 7.31. The van der Waals surface area contributed by atoms with Crippen LogP contribution in [0.4, 0.5) is 0 Å². The van der Waals surface area contributed by atoms with Crippen LogP contribution in [0.15, 0.2) is 0 Å². The lowest BCUT2D eigenvalue weighted by Gasteiger charge is -2.36. The number of nitrogens with two attached hydrogens (primary N) is 1. The number of hydrogen-bond donors (Lipinski definition) is 4. The topological polar surface area (TPSA) is 114 Å². The molecule has 1 unspecified atom stereocenters. The SMILES string of the molecule is Cc1c(C)c2c(c(C)c1O)CCC(C)(C(=O)NCCNC(=O)CN)O2. The first-order valence-electron chi connectivity index (χ1n) is 8.47. The lowest BCUT2D eigenvalue weighted by atomic mass is 9.86. The third-order valence-corrected chi connectivity index (χ3v) is 4.92. The van der Waals surface area contributed by atoms with Crippen LogP contribution in [0.25, 0.3) is 0 Å². The van der Waals surface area contributed by atoms with Crippen LogP contribution in [0.3, 0.4) is 0 Å². The number of carbonyl (C=O) groups excluding carboxylic acids is 2. The number of hydrogen-bond acceptors (Lipinski definition) is 5. The van der Waals surface area contributed by atoms with E-state index in [2.05, 4.69) is 10.6 Å². The van der Waals surface area contributed by atoms with Crippen molar-refractivity contribution in [3.8, 4) is 11.5 Å². The highest BCUT2D eigenvalue weighted by Gasteiger charge is 2.40. The minimum Gasteiger partial charge on any atom is -0.507 e. The maximum Gasteiger partial charge on any atom is 0.263 e. The molecule has 1 atom stereocenters. The molecular formula is C18H27N3O4. The summed E-state index contributed by atoms with van der Waals surface area (Å²) in [6.45, 7) is 7.92. The number of nitrogens with one attached hydrogen (secondary N) is 2. The third-order valence-electron chi connectivity index (χ3n) is 4.92. The van der Waals surface area contributed by atoms with Crippen molar-refractivity contribution >= 4 is 11.8 Å². The van der Waals surface area contributed by atoms with E-state index in [9.17, 15) is 14.7 Å². The number of phenolic OH excluding ortho intramolecular Hbond substituents is 1. The first kappa shape index (κ1) is 19.1. The molecule has 0 saturated carbocycles. The summed E-state index contributed by atoms with van der Waals surface area (Å²) >= 11 is 0. The Morgan fingerprint density at radius 1 is 1.16 bits per heavy atom. The highest BCUT2D eigenvalue weighted by molar-refractivity contribution is 5.86. The van der Waals surface area contributed by atoms with Gasteiger partial charge < -0.3 is 26.2 Å². The number of amides is 2. The van der Waals surface area contributed by atoms with Gasteiger partial charge in [0.05, 0.1) is 6.54 Å². The molecule has 1 aromatic rings. The van der Waals surface area contributed by atoms with Gasteiger partial charge in [0.2, 0.25) is 5.91 Å². The number of fused-ring (bicyclic) bond motifs is 1. The van der Waals surface area contributed by atoms with E-state index in [0.717, 1.165) is 22.3 Å². The Bertz CT molecular complexity index is 702. The van der Waals surface area contributed by atoms with Gasteiger partial charge in [-0.25, -0.2) is 0 Å². The van der Waals surface area contributed by atoms with E-state index in [1.54, 1.807) is 6.92 Å². The monoisotopic (exact) mass is 349 g/mol. The van der Waals surface area contributed by atoms with Crippen LogP contribution in [0.2, 0.25) is 0 Å². The molecule has 1 aromatic carbocycles. The number of phenols is 1. The van der Waals surface area contributed by atoms with E-state index >= 15 is 0 Å². The second-order valence-electron chi connectivity index (χ2n) is 6.67. The largest absolute Gasteiger partial charge is 0.507 e. The lowest BCUT2D eigenvalue weighted by Crippen LogP contribution is -2.52. The fourth-order valence-corrected chi connectivity index (χ4v) is 3.04. The zero-order valence-corrected chi connectivity index (χ0v) is 15.3. The number of rotatable bonds is 5. The van der Waals surface area contributed by atoms with E-state index in [1.807, 2.05) is 20.8 Å². The Labute approximate surface area is 147 Å². The smallest absolute Gasteiger partial charge is 0.263 e. The third kappa shape index (κ3) is 3.71. The van der Waals surface area contributed by atoms with E-state index < -0.39 is 5.60 Å². The summed E-state index contributed by atoms with van der Waals surface area (Å²) in [5.74, 6) is 0.504. The molecule has 1 heterocycles. The minimum absolute atomic E-state index is 0.0730. The van der Waals surface area contributed by atoms with Crippen molar-refractivity contribution in [2.45, 2.75) is 46.1 Å². The van der Waals surface area contributed by atoms with Gasteiger partial charge in [-0.3, -0.25) is 9.59 Å². The van der Waals surface area contributed by atoms with Crippen molar-refractivity contribution in [3.63, 3.8) is 0 Å². The normalized spacial score (nSPS) is 18.9. The van der Waals surface area contributed by atoms with Crippen LogP contribution in [0.1, 0.15) is 35.6 Å². The van der Waals surface area contributed by atoms with Gasteiger partial charge in [0.1, 0.15) is 11.5 Å². The Morgan fingerprint density at radius 3 is 2.44 bits per heavy atom. The van der Waals surface area contributed by atoms with Crippen molar-refractivity contribution in [2.75, 3.05) is 19.6 Å².